The fourth-order valence-corrected chi connectivity index (χ4v) is 7.81. The van der Waals surface area contributed by atoms with Crippen molar-refractivity contribution in [3.05, 3.63) is 75.5 Å². The summed E-state index contributed by atoms with van der Waals surface area (Å²) in [6, 6.07) is 9.39. The number of nitro groups is 1. The van der Waals surface area contributed by atoms with Gasteiger partial charge in [-0.1, -0.05) is 18.2 Å². The first-order valence-electron chi connectivity index (χ1n) is 13.9. The van der Waals surface area contributed by atoms with E-state index in [4.69, 9.17) is 0 Å². The van der Waals surface area contributed by atoms with Crippen molar-refractivity contribution < 1.29 is 21.8 Å². The first kappa shape index (κ1) is 29.4. The summed E-state index contributed by atoms with van der Waals surface area (Å²) in [6.07, 6.45) is 14.1. The average Bonchev–Trinajstić information content (AvgIpc) is 3.62. The molecule has 2 N–H and O–H groups in total. The van der Waals surface area contributed by atoms with E-state index in [9.17, 15) is 26.9 Å². The Morgan fingerprint density at radius 2 is 1.44 bits per heavy atom. The zero-order valence-electron chi connectivity index (χ0n) is 23.3. The molecule has 220 valence electrons. The monoisotopic (exact) mass is 600 g/mol. The first-order chi connectivity index (χ1) is 19.3. The van der Waals surface area contributed by atoms with Crippen molar-refractivity contribution in [2.24, 2.45) is 0 Å². The normalized spacial score (nSPS) is 20.0. The molecule has 2 aromatic rings. The second-order valence-electron chi connectivity index (χ2n) is 11.8. The molecule has 0 atom stereocenters. The quantitative estimate of drug-likeness (QED) is 0.317. The van der Waals surface area contributed by atoms with Gasteiger partial charge >= 0.3 is 0 Å². The number of sulfonamides is 2. The lowest BCUT2D eigenvalue weighted by molar-refractivity contribution is -0.385. The summed E-state index contributed by atoms with van der Waals surface area (Å²) in [5.41, 5.74) is 1.80. The van der Waals surface area contributed by atoms with Gasteiger partial charge in [-0.15, -0.1) is 0 Å². The lowest BCUT2D eigenvalue weighted by Crippen LogP contribution is -2.34. The van der Waals surface area contributed by atoms with E-state index in [-0.39, 0.29) is 16.1 Å². The van der Waals surface area contributed by atoms with Gasteiger partial charge in [-0.2, -0.15) is 0 Å². The van der Waals surface area contributed by atoms with E-state index in [2.05, 4.69) is 20.4 Å². The summed E-state index contributed by atoms with van der Waals surface area (Å²) in [6.45, 7) is 5.66. The van der Waals surface area contributed by atoms with Crippen molar-refractivity contribution in [2.45, 2.75) is 79.7 Å². The first-order valence-corrected chi connectivity index (χ1v) is 16.8. The van der Waals surface area contributed by atoms with Crippen molar-refractivity contribution in [3.8, 4) is 0 Å². The number of rotatable bonds is 9. The molecule has 1 aliphatic heterocycles. The van der Waals surface area contributed by atoms with Gasteiger partial charge < -0.3 is 4.90 Å². The van der Waals surface area contributed by atoms with Gasteiger partial charge in [-0.05, 0) is 106 Å². The molecule has 12 heteroatoms. The number of nitrogens with one attached hydrogen (secondary N) is 2. The SMILES string of the molecule is CC1(NS(=O)(=O)c2ccc(/C=C/N3CCCC3)c([N+](=O)[O-])c2)CC1.CC1(NS(=O)(=O)c2ccc3c(c2)CC=C3)CC1. The summed E-state index contributed by atoms with van der Waals surface area (Å²) in [4.78, 5) is 13.2. The highest BCUT2D eigenvalue weighted by atomic mass is 32.2. The molecule has 0 radical (unpaired) electrons. The van der Waals surface area contributed by atoms with Crippen LogP contribution in [-0.4, -0.2) is 50.8 Å². The van der Waals surface area contributed by atoms with Gasteiger partial charge in [0.1, 0.15) is 0 Å². The van der Waals surface area contributed by atoms with Crippen LogP contribution in [0.2, 0.25) is 0 Å². The van der Waals surface area contributed by atoms with Crippen LogP contribution in [0.4, 0.5) is 5.69 Å². The topological polar surface area (TPSA) is 139 Å². The third-order valence-corrected chi connectivity index (χ3v) is 11.2. The van der Waals surface area contributed by atoms with Crippen molar-refractivity contribution in [1.82, 2.24) is 14.3 Å². The van der Waals surface area contributed by atoms with Gasteiger partial charge in [0.05, 0.1) is 20.3 Å². The summed E-state index contributed by atoms with van der Waals surface area (Å²) >= 11 is 0. The molecule has 10 nitrogen and oxygen atoms in total. The van der Waals surface area contributed by atoms with Crippen molar-refractivity contribution in [1.29, 1.82) is 0 Å². The number of nitrogens with zero attached hydrogens (tertiary/aromatic N) is 2. The van der Waals surface area contributed by atoms with E-state index in [1.807, 2.05) is 32.2 Å². The van der Waals surface area contributed by atoms with E-state index in [0.717, 1.165) is 75.2 Å². The lowest BCUT2D eigenvalue weighted by atomic mass is 10.1. The Morgan fingerprint density at radius 3 is 2.00 bits per heavy atom. The van der Waals surface area contributed by atoms with Crippen LogP contribution < -0.4 is 9.44 Å². The molecule has 2 aromatic carbocycles. The Bertz CT molecular complexity index is 1620. The molecular weight excluding hydrogens is 564 g/mol. The predicted octanol–water partition coefficient (Wildman–Crippen LogP) is 4.58. The molecule has 0 bridgehead atoms. The lowest BCUT2D eigenvalue weighted by Gasteiger charge is -2.13. The summed E-state index contributed by atoms with van der Waals surface area (Å²) < 4.78 is 54.4. The van der Waals surface area contributed by atoms with E-state index >= 15 is 0 Å². The minimum atomic E-state index is -3.75. The van der Waals surface area contributed by atoms with Gasteiger partial charge in [-0.25, -0.2) is 26.3 Å². The maximum absolute atomic E-state index is 12.4. The van der Waals surface area contributed by atoms with Crippen molar-refractivity contribution in [2.75, 3.05) is 13.1 Å². The number of likely N-dealkylation sites (tertiary alicyclic amines) is 1. The largest absolute Gasteiger partial charge is 0.377 e. The van der Waals surface area contributed by atoms with E-state index in [0.29, 0.717) is 10.5 Å². The van der Waals surface area contributed by atoms with E-state index in [1.54, 1.807) is 18.2 Å². The Labute approximate surface area is 241 Å². The fourth-order valence-electron chi connectivity index (χ4n) is 4.81. The fraction of sp³-hybridized carbons (Fsp3) is 0.448. The third kappa shape index (κ3) is 7.24. The van der Waals surface area contributed by atoms with E-state index < -0.39 is 30.5 Å². The van der Waals surface area contributed by atoms with E-state index in [1.165, 1.54) is 12.1 Å². The summed E-state index contributed by atoms with van der Waals surface area (Å²) in [7, 11) is -7.10. The second kappa shape index (κ2) is 11.0. The molecule has 0 unspecified atom stereocenters. The predicted molar refractivity (Wildman–Crippen MR) is 158 cm³/mol. The number of allylic oxidation sites excluding steroid dienone is 1. The highest BCUT2D eigenvalue weighted by molar-refractivity contribution is 7.89. The molecule has 2 saturated carbocycles. The summed E-state index contributed by atoms with van der Waals surface area (Å²) in [5, 5.41) is 11.3. The Hall–Kier alpha value is -3.06. The minimum absolute atomic E-state index is 0.0688. The molecule has 0 amide bonds. The highest BCUT2D eigenvalue weighted by Gasteiger charge is 2.42. The van der Waals surface area contributed by atoms with Crippen LogP contribution >= 0.6 is 0 Å². The molecule has 6 rings (SSSR count). The second-order valence-corrected chi connectivity index (χ2v) is 15.2. The number of fused-ring (bicyclic) bond motifs is 1. The standard InChI is InChI=1S/C16H21N3O4S.C13H15NO2S/c1-16(7-8-16)17-24(22,23)14-5-4-13(15(12-14)19(20)21)6-11-18-9-2-3-10-18;1-13(7-8-13)14-17(15,16)12-6-5-10-3-2-4-11(10)9-12/h4-6,11-12,17H,2-3,7-10H2,1H3;2-3,5-6,9,14H,4,7-8H2,1H3/b11-6+;. The molecule has 0 aromatic heterocycles. The van der Waals surface area contributed by atoms with Gasteiger partial charge in [-0.3, -0.25) is 10.1 Å². The molecule has 3 fully saturated rings. The van der Waals surface area contributed by atoms with Gasteiger partial charge in [0, 0.05) is 30.2 Å². The Morgan fingerprint density at radius 1 is 0.878 bits per heavy atom. The van der Waals surface area contributed by atoms with Crippen molar-refractivity contribution >= 4 is 37.9 Å². The third-order valence-electron chi connectivity index (χ3n) is 7.94. The minimum Gasteiger partial charge on any atom is -0.377 e. The molecule has 0 spiro atoms. The van der Waals surface area contributed by atoms with Crippen LogP contribution in [0.25, 0.3) is 12.2 Å². The number of benzene rings is 2. The van der Waals surface area contributed by atoms with Crippen LogP contribution in [0.3, 0.4) is 0 Å². The van der Waals surface area contributed by atoms with Crippen LogP contribution in [-0.2, 0) is 26.5 Å². The number of hydrogen-bond acceptors (Lipinski definition) is 7. The van der Waals surface area contributed by atoms with Crippen molar-refractivity contribution in [3.63, 3.8) is 0 Å². The zero-order chi connectivity index (χ0) is 29.5. The zero-order valence-corrected chi connectivity index (χ0v) is 24.9. The molecule has 41 heavy (non-hydrogen) atoms. The smallest absolute Gasteiger partial charge is 0.277 e. The Kier molecular flexibility index (Phi) is 7.88. The van der Waals surface area contributed by atoms with Crippen LogP contribution in [0.1, 0.15) is 69.1 Å². The maximum Gasteiger partial charge on any atom is 0.277 e. The van der Waals surface area contributed by atoms with Crippen LogP contribution in [0.15, 0.2) is 58.5 Å². The number of nitro benzene ring substituents is 1. The van der Waals surface area contributed by atoms with Gasteiger partial charge in [0.25, 0.3) is 5.69 Å². The summed E-state index contributed by atoms with van der Waals surface area (Å²) in [5.74, 6) is 0. The average molecular weight is 601 g/mol. The van der Waals surface area contributed by atoms with Gasteiger partial charge in [0.15, 0.2) is 0 Å². The molecule has 3 aliphatic carbocycles. The molecule has 1 heterocycles. The van der Waals surface area contributed by atoms with Crippen LogP contribution in [0.5, 0.6) is 0 Å². The molecular formula is C29H36N4O6S2. The van der Waals surface area contributed by atoms with Gasteiger partial charge in [0.2, 0.25) is 20.0 Å². The molecule has 1 saturated heterocycles. The highest BCUT2D eigenvalue weighted by Crippen LogP contribution is 2.37. The maximum atomic E-state index is 12.4. The molecule has 4 aliphatic rings. The number of hydrogen-bond donors (Lipinski definition) is 2. The van der Waals surface area contributed by atoms with Crippen LogP contribution in [0, 0.1) is 10.1 Å². The Balaban J connectivity index is 0.000000174.